The lowest BCUT2D eigenvalue weighted by atomic mass is 10.2. The van der Waals surface area contributed by atoms with Gasteiger partial charge in [-0.15, -0.1) is 0 Å². The Bertz CT molecular complexity index is 1270. The number of amides is 1. The minimum atomic E-state index is -0.434. The molecule has 0 spiro atoms. The first-order valence-corrected chi connectivity index (χ1v) is 10.7. The Morgan fingerprint density at radius 1 is 1.03 bits per heavy atom. The first-order valence-electron chi connectivity index (χ1n) is 9.59. The first-order chi connectivity index (χ1) is 15.4. The van der Waals surface area contributed by atoms with E-state index in [1.54, 1.807) is 35.3 Å². The van der Waals surface area contributed by atoms with Gasteiger partial charge in [0.05, 0.1) is 6.54 Å². The van der Waals surface area contributed by atoms with Gasteiger partial charge in [-0.3, -0.25) is 9.48 Å². The van der Waals surface area contributed by atoms with Crippen molar-refractivity contribution in [1.29, 1.82) is 0 Å². The predicted molar refractivity (Wildman–Crippen MR) is 125 cm³/mol. The molecule has 0 saturated carbocycles. The van der Waals surface area contributed by atoms with E-state index in [2.05, 4.69) is 15.5 Å². The van der Waals surface area contributed by atoms with Crippen molar-refractivity contribution in [1.82, 2.24) is 19.6 Å². The number of carbonyl (C=O) groups is 1. The Morgan fingerprint density at radius 2 is 1.84 bits per heavy atom. The lowest BCUT2D eigenvalue weighted by Gasteiger charge is -2.08. The number of hydrogen-bond donors (Lipinski definition) is 1. The molecule has 0 atom stereocenters. The second kappa shape index (κ2) is 9.65. The highest BCUT2D eigenvalue weighted by Gasteiger charge is 2.15. The molecule has 7 nitrogen and oxygen atoms in total. The van der Waals surface area contributed by atoms with Crippen LogP contribution in [0.15, 0.2) is 60.9 Å². The van der Waals surface area contributed by atoms with Crippen LogP contribution in [0.2, 0.25) is 15.1 Å². The van der Waals surface area contributed by atoms with Gasteiger partial charge in [-0.05, 0) is 42.3 Å². The van der Waals surface area contributed by atoms with Crippen molar-refractivity contribution in [2.24, 2.45) is 0 Å². The Kier molecular flexibility index (Phi) is 6.69. The Hall–Kier alpha value is -3.00. The summed E-state index contributed by atoms with van der Waals surface area (Å²) in [6, 6.07) is 14.5. The van der Waals surface area contributed by atoms with Gasteiger partial charge < -0.3 is 10.1 Å². The summed E-state index contributed by atoms with van der Waals surface area (Å²) in [6.45, 7) is 2.51. The van der Waals surface area contributed by atoms with Gasteiger partial charge in [-0.2, -0.15) is 10.2 Å². The van der Waals surface area contributed by atoms with Crippen LogP contribution in [0, 0.1) is 6.92 Å². The van der Waals surface area contributed by atoms with Crippen LogP contribution in [0.4, 0.5) is 5.82 Å². The maximum Gasteiger partial charge on any atom is 0.277 e. The van der Waals surface area contributed by atoms with Crippen LogP contribution in [0.3, 0.4) is 0 Å². The lowest BCUT2D eigenvalue weighted by molar-refractivity contribution is 0.101. The normalized spacial score (nSPS) is 10.9. The molecule has 0 aliphatic carbocycles. The van der Waals surface area contributed by atoms with Crippen LogP contribution < -0.4 is 10.1 Å². The van der Waals surface area contributed by atoms with Crippen LogP contribution >= 0.6 is 34.8 Å². The van der Waals surface area contributed by atoms with E-state index in [0.29, 0.717) is 21.6 Å². The number of hydrogen-bond acceptors (Lipinski definition) is 4. The molecule has 164 valence electrons. The number of ether oxygens (including phenoxy) is 1. The summed E-state index contributed by atoms with van der Waals surface area (Å²) in [5, 5.41) is 12.6. The molecule has 32 heavy (non-hydrogen) atoms. The number of nitrogens with zero attached hydrogens (tertiary/aromatic N) is 4. The Balaban J connectivity index is 1.39. The van der Waals surface area contributed by atoms with Gasteiger partial charge in [0.25, 0.3) is 5.91 Å². The number of halogens is 3. The first kappa shape index (κ1) is 22.2. The fourth-order valence-electron chi connectivity index (χ4n) is 2.97. The SMILES string of the molecule is Cc1ccccc1OCn1ccc(C(=O)Nc2nn(Cc3ccc(Cl)cc3Cl)cc2Cl)n1. The fraction of sp³-hybridized carbons (Fsp3) is 0.136. The number of anilines is 1. The maximum absolute atomic E-state index is 12.6. The zero-order valence-electron chi connectivity index (χ0n) is 16.9. The third-order valence-electron chi connectivity index (χ3n) is 4.62. The van der Waals surface area contributed by atoms with E-state index >= 15 is 0 Å². The lowest BCUT2D eigenvalue weighted by Crippen LogP contribution is -2.15. The maximum atomic E-state index is 12.6. The molecule has 2 heterocycles. The number of aryl methyl sites for hydroxylation is 1. The van der Waals surface area contributed by atoms with Gasteiger partial charge in [0, 0.05) is 22.4 Å². The van der Waals surface area contributed by atoms with Crippen molar-refractivity contribution in [2.75, 3.05) is 5.32 Å². The van der Waals surface area contributed by atoms with E-state index < -0.39 is 5.91 Å². The van der Waals surface area contributed by atoms with E-state index in [9.17, 15) is 4.79 Å². The van der Waals surface area contributed by atoms with Gasteiger partial charge in [-0.25, -0.2) is 4.68 Å². The molecular formula is C22H18Cl3N5O2. The second-order valence-electron chi connectivity index (χ2n) is 6.99. The third kappa shape index (κ3) is 5.24. The van der Waals surface area contributed by atoms with Crippen molar-refractivity contribution < 1.29 is 9.53 Å². The predicted octanol–water partition coefficient (Wildman–Crippen LogP) is 5.69. The number of para-hydroxylation sites is 1. The summed E-state index contributed by atoms with van der Waals surface area (Å²) in [5.41, 5.74) is 2.05. The van der Waals surface area contributed by atoms with Crippen LogP contribution in [-0.4, -0.2) is 25.5 Å². The number of carbonyl (C=O) groups excluding carboxylic acids is 1. The second-order valence-corrected chi connectivity index (χ2v) is 8.24. The molecule has 0 saturated heterocycles. The van der Waals surface area contributed by atoms with Crippen molar-refractivity contribution >= 4 is 46.5 Å². The zero-order valence-corrected chi connectivity index (χ0v) is 19.2. The zero-order chi connectivity index (χ0) is 22.7. The molecule has 0 radical (unpaired) electrons. The number of aromatic nitrogens is 4. The molecule has 1 amide bonds. The highest BCUT2D eigenvalue weighted by atomic mass is 35.5. The van der Waals surface area contributed by atoms with Crippen LogP contribution in [-0.2, 0) is 13.3 Å². The third-order valence-corrected chi connectivity index (χ3v) is 5.48. The molecule has 1 N–H and O–H groups in total. The van der Waals surface area contributed by atoms with Gasteiger partial charge in [0.1, 0.15) is 10.8 Å². The van der Waals surface area contributed by atoms with Gasteiger partial charge in [0.2, 0.25) is 0 Å². The molecule has 0 fully saturated rings. The highest BCUT2D eigenvalue weighted by Crippen LogP contribution is 2.24. The summed E-state index contributed by atoms with van der Waals surface area (Å²) in [4.78, 5) is 12.6. The molecule has 4 aromatic rings. The standard InChI is InChI=1S/C22H18Cl3N5O2/c1-14-4-2-3-5-20(14)32-13-29-9-8-19(27-29)22(31)26-21-18(25)12-30(28-21)11-15-6-7-16(23)10-17(15)24/h2-10,12H,11,13H2,1H3,(H,26,28,31). The summed E-state index contributed by atoms with van der Waals surface area (Å²) in [6.07, 6.45) is 3.27. The van der Waals surface area contributed by atoms with Crippen molar-refractivity contribution in [2.45, 2.75) is 20.2 Å². The van der Waals surface area contributed by atoms with E-state index in [-0.39, 0.29) is 18.2 Å². The summed E-state index contributed by atoms with van der Waals surface area (Å²) in [7, 11) is 0. The number of rotatable bonds is 7. The number of benzene rings is 2. The minimum Gasteiger partial charge on any atom is -0.471 e. The van der Waals surface area contributed by atoms with Crippen LogP contribution in [0.1, 0.15) is 21.6 Å². The van der Waals surface area contributed by atoms with Crippen LogP contribution in [0.25, 0.3) is 0 Å². The Labute approximate surface area is 199 Å². The van der Waals surface area contributed by atoms with Crippen molar-refractivity contribution in [3.05, 3.63) is 92.8 Å². The highest BCUT2D eigenvalue weighted by molar-refractivity contribution is 6.35. The molecule has 2 aromatic heterocycles. The Morgan fingerprint density at radius 3 is 2.62 bits per heavy atom. The monoisotopic (exact) mass is 489 g/mol. The van der Waals surface area contributed by atoms with Crippen molar-refractivity contribution in [3.8, 4) is 5.75 Å². The summed E-state index contributed by atoms with van der Waals surface area (Å²) >= 11 is 18.4. The minimum absolute atomic E-state index is 0.176. The average Bonchev–Trinajstić information content (AvgIpc) is 3.36. The smallest absolute Gasteiger partial charge is 0.277 e. The molecule has 0 bridgehead atoms. The molecular weight excluding hydrogens is 473 g/mol. The fourth-order valence-corrected chi connectivity index (χ4v) is 3.63. The van der Waals surface area contributed by atoms with E-state index in [1.165, 1.54) is 4.68 Å². The van der Waals surface area contributed by atoms with Gasteiger partial charge >= 0.3 is 0 Å². The molecule has 0 aliphatic heterocycles. The summed E-state index contributed by atoms with van der Waals surface area (Å²) in [5.74, 6) is 0.552. The van der Waals surface area contributed by atoms with E-state index in [4.69, 9.17) is 39.5 Å². The quantitative estimate of drug-likeness (QED) is 0.361. The van der Waals surface area contributed by atoms with E-state index in [1.807, 2.05) is 37.3 Å². The largest absolute Gasteiger partial charge is 0.471 e. The van der Waals surface area contributed by atoms with Crippen molar-refractivity contribution in [3.63, 3.8) is 0 Å². The average molecular weight is 491 g/mol. The van der Waals surface area contributed by atoms with Crippen LogP contribution in [0.5, 0.6) is 5.75 Å². The molecule has 0 aliphatic rings. The van der Waals surface area contributed by atoms with Gasteiger partial charge in [0.15, 0.2) is 18.2 Å². The van der Waals surface area contributed by atoms with E-state index in [0.717, 1.165) is 16.9 Å². The molecule has 2 aromatic carbocycles. The topological polar surface area (TPSA) is 74.0 Å². The molecule has 10 heteroatoms. The number of nitrogens with one attached hydrogen (secondary N) is 1. The molecule has 4 rings (SSSR count). The summed E-state index contributed by atoms with van der Waals surface area (Å²) < 4.78 is 8.86. The van der Waals surface area contributed by atoms with Gasteiger partial charge in [-0.1, -0.05) is 59.1 Å². The molecule has 0 unspecified atom stereocenters.